The number of rotatable bonds is 7. The number of halogens is 1. The molecule has 116 valence electrons. The van der Waals surface area contributed by atoms with E-state index in [-0.39, 0.29) is 24.0 Å². The monoisotopic (exact) mass is 393 g/mol. The van der Waals surface area contributed by atoms with E-state index in [9.17, 15) is 0 Å². The maximum absolute atomic E-state index is 5.32. The van der Waals surface area contributed by atoms with E-state index in [1.54, 1.807) is 6.26 Å². The highest BCUT2D eigenvalue weighted by Crippen LogP contribution is 1.99. The smallest absolute Gasteiger partial charge is 0.191 e. The van der Waals surface area contributed by atoms with Crippen LogP contribution in [0.4, 0.5) is 0 Å². The fraction of sp³-hybridized carbons (Fsp3) is 0.667. The van der Waals surface area contributed by atoms with Crippen LogP contribution >= 0.6 is 24.0 Å². The van der Waals surface area contributed by atoms with Crippen LogP contribution in [0.5, 0.6) is 0 Å². The third-order valence-electron chi connectivity index (χ3n) is 2.85. The Morgan fingerprint density at radius 3 is 2.65 bits per heavy atom. The molecule has 0 aromatic carbocycles. The molecule has 0 aliphatic carbocycles. The van der Waals surface area contributed by atoms with Gasteiger partial charge >= 0.3 is 0 Å². The van der Waals surface area contributed by atoms with Gasteiger partial charge in [-0.05, 0) is 31.4 Å². The zero-order chi connectivity index (χ0) is 14.1. The van der Waals surface area contributed by atoms with Crippen LogP contribution in [0.1, 0.15) is 39.9 Å². The first-order chi connectivity index (χ1) is 9.11. The average molecular weight is 393 g/mol. The van der Waals surface area contributed by atoms with Crippen LogP contribution in [-0.2, 0) is 6.42 Å². The predicted octanol–water partition coefficient (Wildman–Crippen LogP) is 3.43. The summed E-state index contributed by atoms with van der Waals surface area (Å²) in [6.07, 6.45) is 3.66. The van der Waals surface area contributed by atoms with Crippen molar-refractivity contribution < 1.29 is 4.42 Å². The van der Waals surface area contributed by atoms with E-state index >= 15 is 0 Å². The van der Waals surface area contributed by atoms with Gasteiger partial charge in [0, 0.05) is 25.6 Å². The van der Waals surface area contributed by atoms with Gasteiger partial charge in [-0.1, -0.05) is 20.8 Å². The van der Waals surface area contributed by atoms with Gasteiger partial charge in [-0.2, -0.15) is 0 Å². The number of guanidine groups is 1. The van der Waals surface area contributed by atoms with Crippen molar-refractivity contribution in [1.82, 2.24) is 10.6 Å². The summed E-state index contributed by atoms with van der Waals surface area (Å²) in [4.78, 5) is 4.59. The highest BCUT2D eigenvalue weighted by atomic mass is 127. The zero-order valence-electron chi connectivity index (χ0n) is 13.0. The Morgan fingerprint density at radius 1 is 1.35 bits per heavy atom. The van der Waals surface area contributed by atoms with Crippen molar-refractivity contribution in [2.45, 2.75) is 46.6 Å². The van der Waals surface area contributed by atoms with E-state index in [2.05, 4.69) is 43.3 Å². The van der Waals surface area contributed by atoms with Crippen molar-refractivity contribution in [3.63, 3.8) is 0 Å². The Hall–Kier alpha value is -0.720. The Bertz CT molecular complexity index is 363. The minimum absolute atomic E-state index is 0. The van der Waals surface area contributed by atoms with Gasteiger partial charge in [0.25, 0.3) is 0 Å². The van der Waals surface area contributed by atoms with Gasteiger partial charge in [-0.15, -0.1) is 24.0 Å². The predicted molar refractivity (Wildman–Crippen MR) is 95.9 cm³/mol. The van der Waals surface area contributed by atoms with Crippen LogP contribution in [0.15, 0.2) is 27.8 Å². The normalized spacial score (nSPS) is 12.9. The standard InChI is InChI=1S/C15H27N3O.HI/c1-5-13(4)18-15(17-11-12(2)3)16-9-8-14-7-6-10-19-14;/h6-7,10,12-13H,5,8-9,11H2,1-4H3,(H2,16,17,18);1H. The summed E-state index contributed by atoms with van der Waals surface area (Å²) < 4.78 is 5.32. The van der Waals surface area contributed by atoms with Crippen molar-refractivity contribution in [2.24, 2.45) is 10.9 Å². The second kappa shape index (κ2) is 11.0. The van der Waals surface area contributed by atoms with E-state index in [1.807, 2.05) is 12.1 Å². The highest BCUT2D eigenvalue weighted by Gasteiger charge is 2.04. The summed E-state index contributed by atoms with van der Waals surface area (Å²) in [7, 11) is 0. The third-order valence-corrected chi connectivity index (χ3v) is 2.85. The lowest BCUT2D eigenvalue weighted by Crippen LogP contribution is -2.43. The number of hydrogen-bond donors (Lipinski definition) is 2. The fourth-order valence-electron chi connectivity index (χ4n) is 1.52. The molecule has 4 nitrogen and oxygen atoms in total. The molecule has 0 fully saturated rings. The van der Waals surface area contributed by atoms with Crippen molar-refractivity contribution in [2.75, 3.05) is 13.1 Å². The molecule has 1 aromatic rings. The lowest BCUT2D eigenvalue weighted by atomic mass is 10.2. The van der Waals surface area contributed by atoms with Crippen molar-refractivity contribution in [3.05, 3.63) is 24.2 Å². The summed E-state index contributed by atoms with van der Waals surface area (Å²) >= 11 is 0. The molecule has 1 unspecified atom stereocenters. The molecule has 0 aliphatic heterocycles. The molecule has 1 rings (SSSR count). The molecule has 0 bridgehead atoms. The average Bonchev–Trinajstić information content (AvgIpc) is 2.88. The summed E-state index contributed by atoms with van der Waals surface area (Å²) in [5.41, 5.74) is 0. The molecule has 20 heavy (non-hydrogen) atoms. The van der Waals surface area contributed by atoms with E-state index in [4.69, 9.17) is 4.42 Å². The van der Waals surface area contributed by atoms with Gasteiger partial charge in [0.2, 0.25) is 0 Å². The largest absolute Gasteiger partial charge is 0.469 e. The molecule has 0 saturated heterocycles. The van der Waals surface area contributed by atoms with Gasteiger partial charge in [0.05, 0.1) is 6.26 Å². The lowest BCUT2D eigenvalue weighted by molar-refractivity contribution is 0.505. The van der Waals surface area contributed by atoms with Crippen LogP contribution in [0.25, 0.3) is 0 Å². The molecule has 5 heteroatoms. The fourth-order valence-corrected chi connectivity index (χ4v) is 1.52. The number of nitrogens with one attached hydrogen (secondary N) is 2. The molecule has 2 N–H and O–H groups in total. The topological polar surface area (TPSA) is 49.6 Å². The summed E-state index contributed by atoms with van der Waals surface area (Å²) in [5, 5.41) is 6.77. The van der Waals surface area contributed by atoms with Crippen LogP contribution in [0.3, 0.4) is 0 Å². The van der Waals surface area contributed by atoms with Crippen molar-refractivity contribution in [1.29, 1.82) is 0 Å². The Morgan fingerprint density at radius 2 is 2.10 bits per heavy atom. The van der Waals surface area contributed by atoms with Gasteiger partial charge in [0.1, 0.15) is 5.76 Å². The molecule has 0 amide bonds. The molecular weight excluding hydrogens is 365 g/mol. The maximum atomic E-state index is 5.32. The maximum Gasteiger partial charge on any atom is 0.191 e. The molecule has 0 radical (unpaired) electrons. The minimum atomic E-state index is 0. The van der Waals surface area contributed by atoms with Gasteiger partial charge in [-0.3, -0.25) is 4.99 Å². The van der Waals surface area contributed by atoms with Crippen molar-refractivity contribution >= 4 is 29.9 Å². The second-order valence-corrected chi connectivity index (χ2v) is 5.29. The second-order valence-electron chi connectivity index (χ2n) is 5.29. The van der Waals surface area contributed by atoms with E-state index < -0.39 is 0 Å². The van der Waals surface area contributed by atoms with Gasteiger partial charge in [0.15, 0.2) is 5.96 Å². The van der Waals surface area contributed by atoms with Crippen LogP contribution in [0.2, 0.25) is 0 Å². The molecule has 1 aromatic heterocycles. The van der Waals surface area contributed by atoms with Crippen LogP contribution in [-0.4, -0.2) is 25.1 Å². The molecule has 0 spiro atoms. The number of furan rings is 1. The Balaban J connectivity index is 0.00000361. The molecule has 0 saturated carbocycles. The van der Waals surface area contributed by atoms with Gasteiger partial charge in [-0.25, -0.2) is 0 Å². The number of nitrogens with zero attached hydrogens (tertiary/aromatic N) is 1. The molecule has 1 atom stereocenters. The van der Waals surface area contributed by atoms with E-state index in [1.165, 1.54) is 0 Å². The van der Waals surface area contributed by atoms with E-state index in [0.29, 0.717) is 12.0 Å². The summed E-state index contributed by atoms with van der Waals surface area (Å²) in [6, 6.07) is 4.34. The van der Waals surface area contributed by atoms with Gasteiger partial charge < -0.3 is 15.1 Å². The first-order valence-electron chi connectivity index (χ1n) is 7.19. The van der Waals surface area contributed by atoms with E-state index in [0.717, 1.165) is 37.7 Å². The summed E-state index contributed by atoms with van der Waals surface area (Å²) in [6.45, 7) is 10.3. The zero-order valence-corrected chi connectivity index (χ0v) is 15.3. The van der Waals surface area contributed by atoms with Crippen molar-refractivity contribution in [3.8, 4) is 0 Å². The number of hydrogen-bond acceptors (Lipinski definition) is 2. The molecule has 1 heterocycles. The number of aliphatic imine (C=N–C) groups is 1. The summed E-state index contributed by atoms with van der Waals surface area (Å²) in [5.74, 6) is 2.47. The first-order valence-corrected chi connectivity index (χ1v) is 7.19. The minimum Gasteiger partial charge on any atom is -0.469 e. The molecule has 0 aliphatic rings. The Labute approximate surface area is 139 Å². The first kappa shape index (κ1) is 19.3. The Kier molecular flexibility index (Phi) is 10.6. The molecular formula is C15H28IN3O. The van der Waals surface area contributed by atoms with Crippen LogP contribution < -0.4 is 10.6 Å². The lowest BCUT2D eigenvalue weighted by Gasteiger charge is -2.17. The quantitative estimate of drug-likeness (QED) is 0.424. The SMILES string of the molecule is CCC(C)NC(=NCC(C)C)NCCc1ccco1.I. The van der Waals surface area contributed by atoms with Crippen LogP contribution in [0, 0.1) is 5.92 Å². The highest BCUT2D eigenvalue weighted by molar-refractivity contribution is 14.0. The third kappa shape index (κ3) is 8.45.